The molecule has 1 nitrogen and oxygen atoms in total. The Morgan fingerprint density at radius 3 is 2.40 bits per heavy atom. The number of benzene rings is 1. The van der Waals surface area contributed by atoms with Crippen molar-refractivity contribution in [3.8, 4) is 0 Å². The fourth-order valence-electron chi connectivity index (χ4n) is 1.95. The molecule has 0 saturated heterocycles. The molecule has 20 heavy (non-hydrogen) atoms. The smallest absolute Gasteiger partial charge is 0.141 e. The number of Topliss-reactive ketones (excluding diaryl/α,β-unsaturated/α-hetero) is 1. The van der Waals surface area contributed by atoms with Crippen LogP contribution in [0.2, 0.25) is 0 Å². The summed E-state index contributed by atoms with van der Waals surface area (Å²) in [7, 11) is 0. The van der Waals surface area contributed by atoms with Gasteiger partial charge >= 0.3 is 0 Å². The minimum absolute atomic E-state index is 0.0954. The Kier molecular flexibility index (Phi) is 2.98. The summed E-state index contributed by atoms with van der Waals surface area (Å²) in [4.78, 5) is 13.1. The SMILES string of the molecule is [2H]c1c([2H])c(C)c([2H])c([C@@H]([2H])[C@]([2H])(CC(C)(C)C)C(=O)C(C)(C)C)c1[2H]. The molecule has 0 aliphatic rings. The van der Waals surface area contributed by atoms with Gasteiger partial charge in [0.15, 0.2) is 0 Å². The lowest BCUT2D eigenvalue weighted by molar-refractivity contribution is -0.131. The normalized spacial score (nSPS) is 21.6. The van der Waals surface area contributed by atoms with E-state index in [9.17, 15) is 4.79 Å². The predicted molar refractivity (Wildman–Crippen MR) is 86.9 cm³/mol. The number of ketones is 1. The molecule has 1 heteroatoms. The van der Waals surface area contributed by atoms with Gasteiger partial charge in [-0.2, -0.15) is 0 Å². The summed E-state index contributed by atoms with van der Waals surface area (Å²) in [5.74, 6) is -2.28. The minimum atomic E-state index is -1.86. The maximum Gasteiger partial charge on any atom is 0.141 e. The molecule has 112 valence electrons. The molecule has 0 N–H and O–H groups in total. The first-order chi connectivity index (χ1) is 11.4. The van der Waals surface area contributed by atoms with Gasteiger partial charge in [0.25, 0.3) is 0 Å². The number of carbonyl (C=O) groups excluding carboxylic acids is 1. The second-order valence-electron chi connectivity index (χ2n) is 7.52. The molecule has 0 radical (unpaired) electrons. The van der Waals surface area contributed by atoms with Gasteiger partial charge in [-0.05, 0) is 30.7 Å². The van der Waals surface area contributed by atoms with Gasteiger partial charge in [-0.25, -0.2) is 0 Å². The Labute approximate surface area is 133 Å². The topological polar surface area (TPSA) is 17.1 Å². The Morgan fingerprint density at radius 1 is 1.30 bits per heavy atom. The lowest BCUT2D eigenvalue weighted by atomic mass is 9.73. The van der Waals surface area contributed by atoms with E-state index in [0.29, 0.717) is 0 Å². The monoisotopic (exact) mass is 280 g/mol. The van der Waals surface area contributed by atoms with Gasteiger partial charge in [0.05, 0.1) is 5.48 Å². The summed E-state index contributed by atoms with van der Waals surface area (Å²) in [5.41, 5.74) is -1.19. The van der Waals surface area contributed by atoms with Crippen LogP contribution in [-0.4, -0.2) is 5.78 Å². The molecule has 0 amide bonds. The predicted octanol–water partition coefficient (Wildman–Crippen LogP) is 5.21. The molecule has 1 aromatic rings. The van der Waals surface area contributed by atoms with E-state index in [4.69, 9.17) is 8.22 Å². The first-order valence-corrected chi connectivity index (χ1v) is 6.99. The zero-order chi connectivity index (χ0) is 20.8. The van der Waals surface area contributed by atoms with Gasteiger partial charge in [0, 0.05) is 14.1 Å². The molecular formula is C19H30O. The molecular weight excluding hydrogens is 244 g/mol. The summed E-state index contributed by atoms with van der Waals surface area (Å²) >= 11 is 0. The molecule has 0 saturated carbocycles. The van der Waals surface area contributed by atoms with Gasteiger partial charge in [-0.15, -0.1) is 0 Å². The average molecular weight is 280 g/mol. The van der Waals surface area contributed by atoms with E-state index in [1.807, 2.05) is 20.8 Å². The summed E-state index contributed by atoms with van der Waals surface area (Å²) in [5, 5.41) is 0. The van der Waals surface area contributed by atoms with E-state index in [0.717, 1.165) is 0 Å². The lowest BCUT2D eigenvalue weighted by Crippen LogP contribution is -2.32. The summed E-state index contributed by atoms with van der Waals surface area (Å²) in [6.45, 7) is 12.3. The number of hydrogen-bond acceptors (Lipinski definition) is 1. The molecule has 1 aromatic carbocycles. The van der Waals surface area contributed by atoms with Crippen LogP contribution in [0.4, 0.5) is 0 Å². The van der Waals surface area contributed by atoms with E-state index in [1.165, 1.54) is 6.92 Å². The third-order valence-electron chi connectivity index (χ3n) is 2.78. The number of hydrogen-bond donors (Lipinski definition) is 0. The first kappa shape index (κ1) is 9.76. The molecule has 0 aliphatic carbocycles. The zero-order valence-electron chi connectivity index (χ0n) is 19.7. The van der Waals surface area contributed by atoms with Crippen LogP contribution in [0.5, 0.6) is 0 Å². The zero-order valence-corrected chi connectivity index (χ0v) is 13.7. The lowest BCUT2D eigenvalue weighted by Gasteiger charge is -2.30. The van der Waals surface area contributed by atoms with E-state index < -0.39 is 34.9 Å². The highest BCUT2D eigenvalue weighted by atomic mass is 16.1. The number of carbonyl (C=O) groups is 1. The van der Waals surface area contributed by atoms with E-state index in [-0.39, 0.29) is 35.7 Å². The van der Waals surface area contributed by atoms with Crippen molar-refractivity contribution in [3.05, 3.63) is 35.3 Å². The molecule has 1 rings (SSSR count). The summed E-state index contributed by atoms with van der Waals surface area (Å²) < 4.78 is 49.9. The summed E-state index contributed by atoms with van der Waals surface area (Å²) in [6, 6.07) is -1.18. The van der Waals surface area contributed by atoms with E-state index in [2.05, 4.69) is 0 Å². The van der Waals surface area contributed by atoms with Gasteiger partial charge in [0.1, 0.15) is 5.78 Å². The highest BCUT2D eigenvalue weighted by Gasteiger charge is 2.32. The third kappa shape index (κ3) is 5.48. The van der Waals surface area contributed by atoms with E-state index >= 15 is 0 Å². The van der Waals surface area contributed by atoms with Gasteiger partial charge in [-0.1, -0.05) is 71.3 Å². The van der Waals surface area contributed by atoms with Gasteiger partial charge in [-0.3, -0.25) is 4.79 Å². The van der Waals surface area contributed by atoms with Crippen molar-refractivity contribution in [3.63, 3.8) is 0 Å². The van der Waals surface area contributed by atoms with Crippen LogP contribution in [0, 0.1) is 23.6 Å². The Hall–Kier alpha value is -1.11. The molecule has 0 heterocycles. The fraction of sp³-hybridized carbons (Fsp3) is 0.632. The van der Waals surface area contributed by atoms with Crippen LogP contribution in [0.3, 0.4) is 0 Å². The molecule has 0 aliphatic heterocycles. The second-order valence-corrected chi connectivity index (χ2v) is 7.52. The fourth-order valence-corrected chi connectivity index (χ4v) is 1.95. The Morgan fingerprint density at radius 2 is 1.90 bits per heavy atom. The maximum atomic E-state index is 13.1. The quantitative estimate of drug-likeness (QED) is 0.740. The second kappa shape index (κ2) is 6.11. The van der Waals surface area contributed by atoms with Crippen molar-refractivity contribution in [2.45, 2.75) is 61.3 Å². The van der Waals surface area contributed by atoms with Crippen LogP contribution >= 0.6 is 0 Å². The average Bonchev–Trinajstić information content (AvgIpc) is 2.47. The molecule has 0 fully saturated rings. The standard InChI is InChI=1S/C19H30O/c1-14-9-8-10-15(11-14)12-16(13-18(2,3)4)17(20)19(5,6)7/h8-11,16H,12-13H2,1-7H3/t16-/m1/s1/i8D,9D,10D,11D,12D,16D/t12-,16-. The van der Waals surface area contributed by atoms with Crippen LogP contribution in [-0.2, 0) is 11.2 Å². The molecule has 2 atom stereocenters. The minimum Gasteiger partial charge on any atom is -0.299 e. The molecule has 0 aromatic heterocycles. The first-order valence-electron chi connectivity index (χ1n) is 10.1. The van der Waals surface area contributed by atoms with Crippen LogP contribution in [0.1, 0.15) is 67.3 Å². The Balaban J connectivity index is 3.73. The molecule has 0 bridgehead atoms. The van der Waals surface area contributed by atoms with Crippen LogP contribution in [0.25, 0.3) is 0 Å². The van der Waals surface area contributed by atoms with E-state index in [1.54, 1.807) is 20.8 Å². The third-order valence-corrected chi connectivity index (χ3v) is 2.78. The Bertz CT molecular complexity index is 685. The van der Waals surface area contributed by atoms with Crippen molar-refractivity contribution in [2.24, 2.45) is 16.7 Å². The van der Waals surface area contributed by atoms with Crippen molar-refractivity contribution >= 4 is 5.78 Å². The summed E-state index contributed by atoms with van der Waals surface area (Å²) in [6.07, 6.45) is -1.38. The highest BCUT2D eigenvalue weighted by molar-refractivity contribution is 5.86. The van der Waals surface area contributed by atoms with Crippen molar-refractivity contribution in [1.29, 1.82) is 0 Å². The van der Waals surface area contributed by atoms with Crippen LogP contribution in [0.15, 0.2) is 24.2 Å². The largest absolute Gasteiger partial charge is 0.299 e. The highest BCUT2D eigenvalue weighted by Crippen LogP contribution is 2.32. The van der Waals surface area contributed by atoms with Gasteiger partial charge < -0.3 is 0 Å². The van der Waals surface area contributed by atoms with Crippen molar-refractivity contribution in [2.75, 3.05) is 0 Å². The maximum absolute atomic E-state index is 13.1. The van der Waals surface area contributed by atoms with Crippen molar-refractivity contribution < 1.29 is 13.0 Å². The van der Waals surface area contributed by atoms with Crippen molar-refractivity contribution in [1.82, 2.24) is 0 Å². The number of rotatable bonds is 4. The molecule has 0 spiro atoms. The van der Waals surface area contributed by atoms with Crippen LogP contribution < -0.4 is 0 Å². The molecule has 0 unspecified atom stereocenters. The van der Waals surface area contributed by atoms with Gasteiger partial charge in [0.2, 0.25) is 0 Å².